The Kier molecular flexibility index (Phi) is 3.01. The Morgan fingerprint density at radius 2 is 2.00 bits per heavy atom. The highest BCUT2D eigenvalue weighted by Gasteiger charge is 2.37. The predicted molar refractivity (Wildman–Crippen MR) is 58.3 cm³/mol. The van der Waals surface area contributed by atoms with Gasteiger partial charge in [0.15, 0.2) is 0 Å². The van der Waals surface area contributed by atoms with Crippen molar-refractivity contribution in [1.29, 1.82) is 0 Å². The molecule has 0 heterocycles. The molecule has 2 N–H and O–H groups in total. The van der Waals surface area contributed by atoms with E-state index in [-0.39, 0.29) is 17.4 Å². The van der Waals surface area contributed by atoms with Gasteiger partial charge >= 0.3 is 0 Å². The Morgan fingerprint density at radius 3 is 2.53 bits per heavy atom. The number of rotatable bonds is 3. The van der Waals surface area contributed by atoms with Crippen LogP contribution in [0.1, 0.15) is 45.4 Å². The lowest BCUT2D eigenvalue weighted by molar-refractivity contribution is -0.130. The Bertz CT molecular complexity index is 240. The molecule has 2 rings (SSSR count). The predicted octanol–water partition coefficient (Wildman–Crippen LogP) is 1.45. The first kappa shape index (κ1) is 10.9. The zero-order valence-electron chi connectivity index (χ0n) is 9.46. The van der Waals surface area contributed by atoms with Gasteiger partial charge in [0.1, 0.15) is 0 Å². The van der Waals surface area contributed by atoms with E-state index >= 15 is 0 Å². The molecule has 0 aromatic carbocycles. The molecular formula is C12H21NO2. The van der Waals surface area contributed by atoms with Crippen molar-refractivity contribution in [3.8, 4) is 0 Å². The van der Waals surface area contributed by atoms with Crippen LogP contribution in [0.5, 0.6) is 0 Å². The highest BCUT2D eigenvalue weighted by molar-refractivity contribution is 5.82. The van der Waals surface area contributed by atoms with Gasteiger partial charge in [0.2, 0.25) is 5.91 Å². The van der Waals surface area contributed by atoms with Crippen molar-refractivity contribution in [2.24, 2.45) is 11.3 Å². The van der Waals surface area contributed by atoms with Crippen molar-refractivity contribution in [2.45, 2.75) is 51.6 Å². The average molecular weight is 211 g/mol. The van der Waals surface area contributed by atoms with Crippen molar-refractivity contribution >= 4 is 5.91 Å². The summed E-state index contributed by atoms with van der Waals surface area (Å²) in [5, 5.41) is 12.2. The van der Waals surface area contributed by atoms with Crippen LogP contribution < -0.4 is 5.32 Å². The highest BCUT2D eigenvalue weighted by Crippen LogP contribution is 2.37. The van der Waals surface area contributed by atoms with Crippen LogP contribution in [0.15, 0.2) is 0 Å². The SMILES string of the molecule is CC1(C(=O)NCC2CC(O)C2)CCCC1. The van der Waals surface area contributed by atoms with E-state index in [1.807, 2.05) is 0 Å². The molecular weight excluding hydrogens is 190 g/mol. The van der Waals surface area contributed by atoms with Crippen LogP contribution >= 0.6 is 0 Å². The molecule has 0 spiro atoms. The molecule has 3 heteroatoms. The summed E-state index contributed by atoms with van der Waals surface area (Å²) in [5.74, 6) is 0.732. The molecule has 0 saturated heterocycles. The van der Waals surface area contributed by atoms with Crippen molar-refractivity contribution in [3.05, 3.63) is 0 Å². The van der Waals surface area contributed by atoms with Crippen LogP contribution in [0, 0.1) is 11.3 Å². The molecule has 3 nitrogen and oxygen atoms in total. The van der Waals surface area contributed by atoms with Crippen molar-refractivity contribution in [3.63, 3.8) is 0 Å². The van der Waals surface area contributed by atoms with Crippen molar-refractivity contribution in [2.75, 3.05) is 6.54 Å². The summed E-state index contributed by atoms with van der Waals surface area (Å²) in [5.41, 5.74) is -0.109. The van der Waals surface area contributed by atoms with Gasteiger partial charge in [0, 0.05) is 12.0 Å². The fourth-order valence-corrected chi connectivity index (χ4v) is 2.70. The third-order valence-electron chi connectivity index (χ3n) is 4.02. The van der Waals surface area contributed by atoms with Crippen molar-refractivity contribution < 1.29 is 9.90 Å². The normalized spacial score (nSPS) is 33.5. The summed E-state index contributed by atoms with van der Waals surface area (Å²) in [6, 6.07) is 0. The van der Waals surface area contributed by atoms with Crippen LogP contribution in [0.25, 0.3) is 0 Å². The number of hydrogen-bond donors (Lipinski definition) is 2. The van der Waals surface area contributed by atoms with E-state index in [0.717, 1.165) is 32.2 Å². The van der Waals surface area contributed by atoms with E-state index < -0.39 is 0 Å². The molecule has 0 aliphatic heterocycles. The molecule has 2 aliphatic carbocycles. The number of nitrogens with one attached hydrogen (secondary N) is 1. The van der Waals surface area contributed by atoms with Gasteiger partial charge < -0.3 is 10.4 Å². The minimum Gasteiger partial charge on any atom is -0.393 e. The van der Waals surface area contributed by atoms with Crippen LogP contribution in [0.3, 0.4) is 0 Å². The zero-order chi connectivity index (χ0) is 10.9. The third kappa shape index (κ3) is 2.33. The first-order valence-corrected chi connectivity index (χ1v) is 6.06. The quantitative estimate of drug-likeness (QED) is 0.742. The number of carbonyl (C=O) groups excluding carboxylic acids is 1. The molecule has 2 fully saturated rings. The molecule has 0 unspecified atom stereocenters. The first-order valence-electron chi connectivity index (χ1n) is 6.06. The van der Waals surface area contributed by atoms with E-state index in [1.165, 1.54) is 12.8 Å². The Balaban J connectivity index is 1.72. The molecule has 0 bridgehead atoms. The number of aliphatic hydroxyl groups is 1. The molecule has 0 radical (unpaired) electrons. The lowest BCUT2D eigenvalue weighted by atomic mass is 9.82. The standard InChI is InChI=1S/C12H21NO2/c1-12(4-2-3-5-12)11(15)13-8-9-6-10(14)7-9/h9-10,14H,2-8H2,1H3,(H,13,15). The second kappa shape index (κ2) is 4.12. The van der Waals surface area contributed by atoms with E-state index in [4.69, 9.17) is 5.11 Å². The van der Waals surface area contributed by atoms with Crippen LogP contribution in [-0.4, -0.2) is 23.7 Å². The second-order valence-electron chi connectivity index (χ2n) is 5.47. The van der Waals surface area contributed by atoms with Gasteiger partial charge in [-0.05, 0) is 31.6 Å². The van der Waals surface area contributed by atoms with E-state index in [0.29, 0.717) is 5.92 Å². The third-order valence-corrected chi connectivity index (χ3v) is 4.02. The Morgan fingerprint density at radius 1 is 1.40 bits per heavy atom. The lowest BCUT2D eigenvalue weighted by Gasteiger charge is -2.32. The maximum absolute atomic E-state index is 11.9. The maximum atomic E-state index is 11.9. The number of aliphatic hydroxyl groups excluding tert-OH is 1. The van der Waals surface area contributed by atoms with Crippen LogP contribution in [0.4, 0.5) is 0 Å². The topological polar surface area (TPSA) is 49.3 Å². The summed E-state index contributed by atoms with van der Waals surface area (Å²) < 4.78 is 0. The number of hydrogen-bond acceptors (Lipinski definition) is 2. The van der Waals surface area contributed by atoms with E-state index in [2.05, 4.69) is 12.2 Å². The lowest BCUT2D eigenvalue weighted by Crippen LogP contribution is -2.43. The van der Waals surface area contributed by atoms with Gasteiger partial charge in [0.25, 0.3) is 0 Å². The molecule has 2 aliphatic rings. The van der Waals surface area contributed by atoms with Gasteiger partial charge in [-0.3, -0.25) is 4.79 Å². The fourth-order valence-electron chi connectivity index (χ4n) is 2.70. The van der Waals surface area contributed by atoms with Crippen molar-refractivity contribution in [1.82, 2.24) is 5.32 Å². The summed E-state index contributed by atoms with van der Waals surface area (Å²) in [6.45, 7) is 2.83. The zero-order valence-corrected chi connectivity index (χ0v) is 9.46. The van der Waals surface area contributed by atoms with Crippen LogP contribution in [0.2, 0.25) is 0 Å². The number of amides is 1. The fraction of sp³-hybridized carbons (Fsp3) is 0.917. The summed E-state index contributed by atoms with van der Waals surface area (Å²) in [4.78, 5) is 11.9. The van der Waals surface area contributed by atoms with Gasteiger partial charge in [0.05, 0.1) is 6.10 Å². The van der Waals surface area contributed by atoms with Crippen LogP contribution in [-0.2, 0) is 4.79 Å². The second-order valence-corrected chi connectivity index (χ2v) is 5.47. The molecule has 15 heavy (non-hydrogen) atoms. The Labute approximate surface area is 91.2 Å². The largest absolute Gasteiger partial charge is 0.393 e. The minimum absolute atomic E-state index is 0.109. The average Bonchev–Trinajstić information content (AvgIpc) is 2.59. The summed E-state index contributed by atoms with van der Waals surface area (Å²) in [7, 11) is 0. The van der Waals surface area contributed by atoms with E-state index in [9.17, 15) is 4.79 Å². The molecule has 0 aromatic rings. The molecule has 86 valence electrons. The smallest absolute Gasteiger partial charge is 0.225 e. The molecule has 0 atom stereocenters. The maximum Gasteiger partial charge on any atom is 0.225 e. The van der Waals surface area contributed by atoms with Gasteiger partial charge in [-0.25, -0.2) is 0 Å². The summed E-state index contributed by atoms with van der Waals surface area (Å²) in [6.07, 6.45) is 6.04. The minimum atomic E-state index is -0.117. The monoisotopic (exact) mass is 211 g/mol. The first-order chi connectivity index (χ1) is 7.10. The molecule has 1 amide bonds. The highest BCUT2D eigenvalue weighted by atomic mass is 16.3. The Hall–Kier alpha value is -0.570. The van der Waals surface area contributed by atoms with Gasteiger partial charge in [-0.1, -0.05) is 19.8 Å². The number of carbonyl (C=O) groups is 1. The molecule has 0 aromatic heterocycles. The van der Waals surface area contributed by atoms with Gasteiger partial charge in [-0.15, -0.1) is 0 Å². The van der Waals surface area contributed by atoms with Gasteiger partial charge in [-0.2, -0.15) is 0 Å². The summed E-state index contributed by atoms with van der Waals surface area (Å²) >= 11 is 0. The molecule has 2 saturated carbocycles. The van der Waals surface area contributed by atoms with E-state index in [1.54, 1.807) is 0 Å².